The standard InChI is InChI=1S/C17H25ClN2O2/c1-11(2)8-9-19-15(21)17(4,5)16(22)20-14-7-6-13(18)10-12(14)3/h6-7,10-11H,8-9H2,1-5H3,(H,19,21)(H,20,22). The van der Waals surface area contributed by atoms with E-state index in [2.05, 4.69) is 24.5 Å². The van der Waals surface area contributed by atoms with Gasteiger partial charge in [-0.2, -0.15) is 0 Å². The molecule has 5 heteroatoms. The SMILES string of the molecule is Cc1cc(Cl)ccc1NC(=O)C(C)(C)C(=O)NCCC(C)C. The van der Waals surface area contributed by atoms with Crippen LogP contribution in [0.5, 0.6) is 0 Å². The Balaban J connectivity index is 2.71. The normalized spacial score (nSPS) is 11.4. The van der Waals surface area contributed by atoms with Crippen molar-refractivity contribution in [3.05, 3.63) is 28.8 Å². The van der Waals surface area contributed by atoms with Gasteiger partial charge < -0.3 is 10.6 Å². The van der Waals surface area contributed by atoms with E-state index < -0.39 is 5.41 Å². The van der Waals surface area contributed by atoms with Crippen molar-refractivity contribution >= 4 is 29.1 Å². The second kappa shape index (κ2) is 7.63. The Kier molecular flexibility index (Phi) is 6.42. The average molecular weight is 325 g/mol. The van der Waals surface area contributed by atoms with Gasteiger partial charge in [-0.25, -0.2) is 0 Å². The zero-order valence-electron chi connectivity index (χ0n) is 13.9. The molecule has 0 aliphatic carbocycles. The van der Waals surface area contributed by atoms with Gasteiger partial charge in [0.2, 0.25) is 11.8 Å². The summed E-state index contributed by atoms with van der Waals surface area (Å²) in [5.41, 5.74) is 0.387. The van der Waals surface area contributed by atoms with Crippen molar-refractivity contribution in [3.8, 4) is 0 Å². The Morgan fingerprint density at radius 1 is 1.23 bits per heavy atom. The van der Waals surface area contributed by atoms with Gasteiger partial charge in [-0.3, -0.25) is 9.59 Å². The van der Waals surface area contributed by atoms with Crippen molar-refractivity contribution < 1.29 is 9.59 Å². The lowest BCUT2D eigenvalue weighted by atomic mass is 9.90. The molecule has 0 atom stereocenters. The molecule has 0 aliphatic rings. The highest BCUT2D eigenvalue weighted by molar-refractivity contribution is 6.30. The maximum Gasteiger partial charge on any atom is 0.239 e. The van der Waals surface area contributed by atoms with Gasteiger partial charge in [-0.05, 0) is 56.9 Å². The minimum atomic E-state index is -1.14. The number of benzene rings is 1. The van der Waals surface area contributed by atoms with E-state index in [0.29, 0.717) is 23.2 Å². The lowest BCUT2D eigenvalue weighted by molar-refractivity contribution is -0.138. The summed E-state index contributed by atoms with van der Waals surface area (Å²) in [6.45, 7) is 9.86. The van der Waals surface area contributed by atoms with Crippen molar-refractivity contribution in [2.45, 2.75) is 41.0 Å². The number of halogens is 1. The molecule has 0 bridgehead atoms. The summed E-state index contributed by atoms with van der Waals surface area (Å²) < 4.78 is 0. The van der Waals surface area contributed by atoms with Crippen molar-refractivity contribution in [1.82, 2.24) is 5.32 Å². The Labute approximate surface area is 137 Å². The van der Waals surface area contributed by atoms with Crippen LogP contribution in [0.3, 0.4) is 0 Å². The third kappa shape index (κ3) is 5.02. The van der Waals surface area contributed by atoms with Gasteiger partial charge in [0.1, 0.15) is 5.41 Å². The Morgan fingerprint density at radius 3 is 2.41 bits per heavy atom. The molecular formula is C17H25ClN2O2. The molecule has 0 saturated carbocycles. The molecule has 0 spiro atoms. The minimum absolute atomic E-state index is 0.266. The number of amides is 2. The summed E-state index contributed by atoms with van der Waals surface area (Å²) in [5.74, 6) is -0.0915. The molecule has 2 N–H and O–H groups in total. The van der Waals surface area contributed by atoms with Crippen molar-refractivity contribution in [3.63, 3.8) is 0 Å². The molecule has 0 aliphatic heterocycles. The lowest BCUT2D eigenvalue weighted by Gasteiger charge is -2.23. The number of aryl methyl sites for hydroxylation is 1. The molecule has 0 aromatic heterocycles. The molecule has 1 aromatic rings. The lowest BCUT2D eigenvalue weighted by Crippen LogP contribution is -2.45. The fraction of sp³-hybridized carbons (Fsp3) is 0.529. The van der Waals surface area contributed by atoms with Gasteiger partial charge in [0.15, 0.2) is 0 Å². The highest BCUT2D eigenvalue weighted by Crippen LogP contribution is 2.23. The monoisotopic (exact) mass is 324 g/mol. The first-order valence-electron chi connectivity index (χ1n) is 7.50. The first-order valence-corrected chi connectivity index (χ1v) is 7.88. The van der Waals surface area contributed by atoms with Crippen LogP contribution in [-0.4, -0.2) is 18.4 Å². The van der Waals surface area contributed by atoms with Crippen molar-refractivity contribution in [2.24, 2.45) is 11.3 Å². The Morgan fingerprint density at radius 2 is 1.86 bits per heavy atom. The maximum atomic E-state index is 12.4. The summed E-state index contributed by atoms with van der Waals surface area (Å²) in [7, 11) is 0. The second-order valence-electron chi connectivity index (χ2n) is 6.48. The molecule has 22 heavy (non-hydrogen) atoms. The summed E-state index contributed by atoms with van der Waals surface area (Å²) >= 11 is 5.90. The zero-order valence-corrected chi connectivity index (χ0v) is 14.7. The topological polar surface area (TPSA) is 58.2 Å². The predicted octanol–water partition coefficient (Wildman–Crippen LogP) is 3.78. The van der Waals surface area contributed by atoms with E-state index in [4.69, 9.17) is 11.6 Å². The molecule has 0 unspecified atom stereocenters. The van der Waals surface area contributed by atoms with Crippen LogP contribution in [0.4, 0.5) is 5.69 Å². The Hall–Kier alpha value is -1.55. The quantitative estimate of drug-likeness (QED) is 0.782. The number of hydrogen-bond donors (Lipinski definition) is 2. The number of hydrogen-bond acceptors (Lipinski definition) is 2. The average Bonchev–Trinajstić information content (AvgIpc) is 2.41. The molecule has 1 aromatic carbocycles. The molecule has 0 fully saturated rings. The van der Waals surface area contributed by atoms with Crippen LogP contribution in [0, 0.1) is 18.3 Å². The fourth-order valence-corrected chi connectivity index (χ4v) is 2.07. The van der Waals surface area contributed by atoms with Crippen LogP contribution in [0.1, 0.15) is 39.7 Å². The summed E-state index contributed by atoms with van der Waals surface area (Å²) in [4.78, 5) is 24.6. The number of nitrogens with one attached hydrogen (secondary N) is 2. The van der Waals surface area contributed by atoms with Crippen LogP contribution in [0.15, 0.2) is 18.2 Å². The summed E-state index contributed by atoms with van der Waals surface area (Å²) in [5, 5.41) is 6.24. The highest BCUT2D eigenvalue weighted by Gasteiger charge is 2.36. The van der Waals surface area contributed by atoms with Crippen LogP contribution >= 0.6 is 11.6 Å². The van der Waals surface area contributed by atoms with Crippen LogP contribution < -0.4 is 10.6 Å². The van der Waals surface area contributed by atoms with Gasteiger partial charge >= 0.3 is 0 Å². The molecule has 122 valence electrons. The zero-order chi connectivity index (χ0) is 16.9. The van der Waals surface area contributed by atoms with E-state index in [-0.39, 0.29) is 11.8 Å². The van der Waals surface area contributed by atoms with Crippen LogP contribution in [-0.2, 0) is 9.59 Å². The van der Waals surface area contributed by atoms with Gasteiger partial charge in [-0.1, -0.05) is 25.4 Å². The molecule has 2 amide bonds. The smallest absolute Gasteiger partial charge is 0.239 e. The van der Waals surface area contributed by atoms with Crippen LogP contribution in [0.25, 0.3) is 0 Å². The highest BCUT2D eigenvalue weighted by atomic mass is 35.5. The van der Waals surface area contributed by atoms with E-state index in [0.717, 1.165) is 12.0 Å². The van der Waals surface area contributed by atoms with E-state index >= 15 is 0 Å². The van der Waals surface area contributed by atoms with Crippen molar-refractivity contribution in [1.29, 1.82) is 0 Å². The largest absolute Gasteiger partial charge is 0.355 e. The predicted molar refractivity (Wildman–Crippen MR) is 91.1 cm³/mol. The van der Waals surface area contributed by atoms with E-state index in [1.807, 2.05) is 6.92 Å². The first kappa shape index (κ1) is 18.5. The molecule has 0 radical (unpaired) electrons. The number of carbonyl (C=O) groups is 2. The van der Waals surface area contributed by atoms with E-state index in [9.17, 15) is 9.59 Å². The van der Waals surface area contributed by atoms with Crippen molar-refractivity contribution in [2.75, 3.05) is 11.9 Å². The Bertz CT molecular complexity index is 554. The molecule has 1 rings (SSSR count). The van der Waals surface area contributed by atoms with Gasteiger partial charge in [-0.15, -0.1) is 0 Å². The molecular weight excluding hydrogens is 300 g/mol. The number of carbonyl (C=O) groups excluding carboxylic acids is 2. The van der Waals surface area contributed by atoms with E-state index in [1.54, 1.807) is 32.0 Å². The maximum absolute atomic E-state index is 12.4. The second-order valence-corrected chi connectivity index (χ2v) is 6.91. The van der Waals surface area contributed by atoms with Gasteiger partial charge in [0, 0.05) is 17.3 Å². The minimum Gasteiger partial charge on any atom is -0.355 e. The number of rotatable bonds is 6. The third-order valence-electron chi connectivity index (χ3n) is 3.58. The van der Waals surface area contributed by atoms with Gasteiger partial charge in [0.05, 0.1) is 0 Å². The molecule has 0 saturated heterocycles. The van der Waals surface area contributed by atoms with Gasteiger partial charge in [0.25, 0.3) is 0 Å². The van der Waals surface area contributed by atoms with E-state index in [1.165, 1.54) is 0 Å². The van der Waals surface area contributed by atoms with Crippen LogP contribution in [0.2, 0.25) is 5.02 Å². The third-order valence-corrected chi connectivity index (χ3v) is 3.81. The molecule has 0 heterocycles. The fourth-order valence-electron chi connectivity index (χ4n) is 1.84. The first-order chi connectivity index (χ1) is 10.1. The summed E-state index contributed by atoms with van der Waals surface area (Å²) in [6.07, 6.45) is 0.889. The summed E-state index contributed by atoms with van der Waals surface area (Å²) in [6, 6.07) is 5.22. The molecule has 4 nitrogen and oxygen atoms in total. The number of anilines is 1.